The van der Waals surface area contributed by atoms with Crippen molar-refractivity contribution in [3.05, 3.63) is 81.9 Å². The molecule has 0 unspecified atom stereocenters. The van der Waals surface area contributed by atoms with E-state index in [-0.39, 0.29) is 12.1 Å². The summed E-state index contributed by atoms with van der Waals surface area (Å²) in [6, 6.07) is 10.4. The van der Waals surface area contributed by atoms with E-state index in [1.54, 1.807) is 23.5 Å². The van der Waals surface area contributed by atoms with E-state index in [9.17, 15) is 13.6 Å². The summed E-state index contributed by atoms with van der Waals surface area (Å²) in [5, 5.41) is 1.97. The maximum absolute atomic E-state index is 13.9. The van der Waals surface area contributed by atoms with Crippen LogP contribution in [0.5, 0.6) is 0 Å². The summed E-state index contributed by atoms with van der Waals surface area (Å²) in [4.78, 5) is 15.3. The average Bonchev–Trinajstić information content (AvgIpc) is 3.24. The average molecular weight is 347 g/mol. The minimum atomic E-state index is -0.861. The van der Waals surface area contributed by atoms with Gasteiger partial charge in [-0.3, -0.25) is 4.79 Å². The van der Waals surface area contributed by atoms with Gasteiger partial charge < -0.3 is 9.32 Å². The number of amides is 1. The number of carbonyl (C=O) groups is 1. The monoisotopic (exact) mass is 347 g/mol. The molecule has 2 aromatic heterocycles. The van der Waals surface area contributed by atoms with E-state index in [0.29, 0.717) is 18.7 Å². The summed E-state index contributed by atoms with van der Waals surface area (Å²) >= 11 is 1.60. The Bertz CT molecular complexity index is 801. The highest BCUT2D eigenvalue weighted by Gasteiger charge is 2.21. The first-order valence-corrected chi connectivity index (χ1v) is 8.30. The van der Waals surface area contributed by atoms with E-state index in [0.717, 1.165) is 17.0 Å². The second kappa shape index (κ2) is 7.40. The molecule has 0 fully saturated rings. The summed E-state index contributed by atoms with van der Waals surface area (Å²) in [5.74, 6) is -1.45. The van der Waals surface area contributed by atoms with Crippen LogP contribution < -0.4 is 0 Å². The fraction of sp³-hybridized carbons (Fsp3) is 0.167. The van der Waals surface area contributed by atoms with Crippen molar-refractivity contribution in [3.63, 3.8) is 0 Å². The van der Waals surface area contributed by atoms with Gasteiger partial charge in [0.15, 0.2) is 0 Å². The lowest BCUT2D eigenvalue weighted by Gasteiger charge is -2.22. The van der Waals surface area contributed by atoms with Crippen LogP contribution >= 0.6 is 11.3 Å². The molecule has 0 spiro atoms. The SMILES string of the molecule is O=C(c1ccc(F)cc1F)N(CCc1cccs1)Cc1ccco1. The summed E-state index contributed by atoms with van der Waals surface area (Å²) in [6.07, 6.45) is 2.18. The Labute approximate surface area is 142 Å². The van der Waals surface area contributed by atoms with Gasteiger partial charge in [-0.2, -0.15) is 0 Å². The lowest BCUT2D eigenvalue weighted by atomic mass is 10.1. The molecule has 3 aromatic rings. The van der Waals surface area contributed by atoms with Crippen molar-refractivity contribution in [2.24, 2.45) is 0 Å². The lowest BCUT2D eigenvalue weighted by Crippen LogP contribution is -2.33. The number of hydrogen-bond acceptors (Lipinski definition) is 3. The third-order valence-electron chi connectivity index (χ3n) is 3.58. The summed E-state index contributed by atoms with van der Waals surface area (Å²) < 4.78 is 32.3. The fourth-order valence-corrected chi connectivity index (χ4v) is 3.07. The van der Waals surface area contributed by atoms with Crippen LogP contribution in [0.3, 0.4) is 0 Å². The first kappa shape index (κ1) is 16.4. The number of benzene rings is 1. The predicted octanol–water partition coefficient (Wildman–Crippen LogP) is 4.50. The molecule has 0 N–H and O–H groups in total. The van der Waals surface area contributed by atoms with E-state index >= 15 is 0 Å². The molecule has 1 aromatic carbocycles. The molecule has 0 aliphatic heterocycles. The van der Waals surface area contributed by atoms with Gasteiger partial charge in [-0.1, -0.05) is 6.07 Å². The molecular weight excluding hydrogens is 332 g/mol. The number of rotatable bonds is 6. The predicted molar refractivity (Wildman–Crippen MR) is 87.8 cm³/mol. The quantitative estimate of drug-likeness (QED) is 0.658. The molecule has 0 saturated carbocycles. The van der Waals surface area contributed by atoms with Gasteiger partial charge in [0.25, 0.3) is 5.91 Å². The largest absolute Gasteiger partial charge is 0.467 e. The Balaban J connectivity index is 1.80. The molecule has 24 heavy (non-hydrogen) atoms. The van der Waals surface area contributed by atoms with Gasteiger partial charge in [0, 0.05) is 17.5 Å². The Kier molecular flexibility index (Phi) is 5.05. The van der Waals surface area contributed by atoms with Gasteiger partial charge in [0.1, 0.15) is 17.4 Å². The van der Waals surface area contributed by atoms with Crippen LogP contribution in [0.1, 0.15) is 21.0 Å². The van der Waals surface area contributed by atoms with Crippen LogP contribution in [0.2, 0.25) is 0 Å². The van der Waals surface area contributed by atoms with Crippen molar-refractivity contribution in [1.29, 1.82) is 0 Å². The normalized spacial score (nSPS) is 10.8. The molecule has 3 nitrogen and oxygen atoms in total. The van der Waals surface area contributed by atoms with E-state index in [1.807, 2.05) is 17.5 Å². The first-order valence-electron chi connectivity index (χ1n) is 7.42. The zero-order chi connectivity index (χ0) is 16.9. The van der Waals surface area contributed by atoms with Gasteiger partial charge in [-0.05, 0) is 42.1 Å². The van der Waals surface area contributed by atoms with Crippen LogP contribution in [-0.2, 0) is 13.0 Å². The van der Waals surface area contributed by atoms with Crippen LogP contribution in [0.15, 0.2) is 58.5 Å². The standard InChI is InChI=1S/C18H15F2NO2S/c19-13-5-6-16(17(20)11-13)18(22)21(12-14-3-1-9-23-14)8-7-15-4-2-10-24-15/h1-6,9-11H,7-8,12H2. The highest BCUT2D eigenvalue weighted by Crippen LogP contribution is 2.17. The fourth-order valence-electron chi connectivity index (χ4n) is 2.38. The van der Waals surface area contributed by atoms with Crippen LogP contribution in [0, 0.1) is 11.6 Å². The topological polar surface area (TPSA) is 33.5 Å². The Morgan fingerprint density at radius 2 is 2.04 bits per heavy atom. The van der Waals surface area contributed by atoms with Gasteiger partial charge in [-0.15, -0.1) is 11.3 Å². The minimum Gasteiger partial charge on any atom is -0.467 e. The zero-order valence-corrected chi connectivity index (χ0v) is 13.6. The van der Waals surface area contributed by atoms with Gasteiger partial charge in [0.2, 0.25) is 0 Å². The zero-order valence-electron chi connectivity index (χ0n) is 12.7. The molecule has 6 heteroatoms. The number of halogens is 2. The summed E-state index contributed by atoms with van der Waals surface area (Å²) in [6.45, 7) is 0.644. The summed E-state index contributed by atoms with van der Waals surface area (Å²) in [5.41, 5.74) is -0.144. The second-order valence-electron chi connectivity index (χ2n) is 5.26. The van der Waals surface area contributed by atoms with Gasteiger partial charge in [0.05, 0.1) is 18.4 Å². The van der Waals surface area contributed by atoms with Crippen molar-refractivity contribution >= 4 is 17.2 Å². The van der Waals surface area contributed by atoms with Crippen molar-refractivity contribution in [3.8, 4) is 0 Å². The van der Waals surface area contributed by atoms with Gasteiger partial charge >= 0.3 is 0 Å². The van der Waals surface area contributed by atoms with Gasteiger partial charge in [-0.25, -0.2) is 8.78 Å². The number of carbonyl (C=O) groups excluding carboxylic acids is 1. The molecule has 0 radical (unpaired) electrons. The molecule has 2 heterocycles. The first-order chi connectivity index (χ1) is 11.6. The molecule has 0 aliphatic carbocycles. The Hall–Kier alpha value is -2.47. The smallest absolute Gasteiger partial charge is 0.257 e. The van der Waals surface area contributed by atoms with E-state index in [1.165, 1.54) is 17.2 Å². The molecular formula is C18H15F2NO2S. The minimum absolute atomic E-state index is 0.144. The molecule has 3 rings (SSSR count). The van der Waals surface area contributed by atoms with Crippen molar-refractivity contribution in [2.75, 3.05) is 6.54 Å². The maximum atomic E-state index is 13.9. The number of hydrogen-bond donors (Lipinski definition) is 0. The van der Waals surface area contributed by atoms with Crippen LogP contribution in [-0.4, -0.2) is 17.4 Å². The summed E-state index contributed by atoms with van der Waals surface area (Å²) in [7, 11) is 0. The number of furan rings is 1. The molecule has 0 saturated heterocycles. The Morgan fingerprint density at radius 1 is 1.17 bits per heavy atom. The number of thiophene rings is 1. The molecule has 0 aliphatic rings. The van der Waals surface area contributed by atoms with Crippen molar-refractivity contribution in [2.45, 2.75) is 13.0 Å². The van der Waals surface area contributed by atoms with E-state index in [4.69, 9.17) is 4.42 Å². The maximum Gasteiger partial charge on any atom is 0.257 e. The lowest BCUT2D eigenvalue weighted by molar-refractivity contribution is 0.0729. The van der Waals surface area contributed by atoms with Crippen molar-refractivity contribution < 1.29 is 18.0 Å². The molecule has 124 valence electrons. The highest BCUT2D eigenvalue weighted by molar-refractivity contribution is 7.09. The third-order valence-corrected chi connectivity index (χ3v) is 4.52. The van der Waals surface area contributed by atoms with E-state index < -0.39 is 17.5 Å². The van der Waals surface area contributed by atoms with Crippen LogP contribution in [0.4, 0.5) is 8.78 Å². The molecule has 0 bridgehead atoms. The second-order valence-corrected chi connectivity index (χ2v) is 6.29. The molecule has 0 atom stereocenters. The Morgan fingerprint density at radius 3 is 2.71 bits per heavy atom. The molecule has 1 amide bonds. The van der Waals surface area contributed by atoms with E-state index in [2.05, 4.69) is 0 Å². The van der Waals surface area contributed by atoms with Crippen LogP contribution in [0.25, 0.3) is 0 Å². The van der Waals surface area contributed by atoms with Crippen molar-refractivity contribution in [1.82, 2.24) is 4.90 Å². The highest BCUT2D eigenvalue weighted by atomic mass is 32.1. The number of nitrogens with zero attached hydrogens (tertiary/aromatic N) is 1. The third kappa shape index (κ3) is 3.89.